The summed E-state index contributed by atoms with van der Waals surface area (Å²) in [5.74, 6) is -0.273. The Morgan fingerprint density at radius 1 is 1.15 bits per heavy atom. The van der Waals surface area contributed by atoms with Crippen molar-refractivity contribution in [3.05, 3.63) is 60.2 Å². The Hall–Kier alpha value is -3.33. The molecule has 27 heavy (non-hydrogen) atoms. The molecule has 6 nitrogen and oxygen atoms in total. The van der Waals surface area contributed by atoms with Gasteiger partial charge in [0.15, 0.2) is 0 Å². The molecule has 0 N–H and O–H groups in total. The zero-order chi connectivity index (χ0) is 19.2. The summed E-state index contributed by atoms with van der Waals surface area (Å²) in [6, 6.07) is 18.3. The Bertz CT molecular complexity index is 843. The van der Waals surface area contributed by atoms with Gasteiger partial charge in [-0.3, -0.25) is 14.6 Å². The number of carbonyl (C=O) groups is 2. The van der Waals surface area contributed by atoms with Gasteiger partial charge in [0, 0.05) is 30.4 Å². The minimum absolute atomic E-state index is 0.0753. The van der Waals surface area contributed by atoms with Gasteiger partial charge in [-0.25, -0.2) is 4.79 Å². The fourth-order valence-electron chi connectivity index (χ4n) is 3.31. The lowest BCUT2D eigenvalue weighted by atomic mass is 10.0. The fourth-order valence-corrected chi connectivity index (χ4v) is 3.31. The number of esters is 1. The van der Waals surface area contributed by atoms with E-state index in [4.69, 9.17) is 10.00 Å². The molecule has 1 unspecified atom stereocenters. The summed E-state index contributed by atoms with van der Waals surface area (Å²) in [5, 5.41) is 8.96. The average Bonchev–Trinajstić information content (AvgIpc) is 2.72. The first-order valence-corrected chi connectivity index (χ1v) is 8.87. The maximum absolute atomic E-state index is 13.3. The topological polar surface area (TPSA) is 73.6 Å². The van der Waals surface area contributed by atoms with E-state index in [1.807, 2.05) is 30.3 Å². The van der Waals surface area contributed by atoms with E-state index in [2.05, 4.69) is 6.07 Å². The van der Waals surface area contributed by atoms with Crippen LogP contribution in [0.1, 0.15) is 24.8 Å². The van der Waals surface area contributed by atoms with E-state index < -0.39 is 0 Å². The predicted octanol–water partition coefficient (Wildman–Crippen LogP) is 3.72. The van der Waals surface area contributed by atoms with Crippen molar-refractivity contribution in [1.29, 1.82) is 5.26 Å². The molecule has 1 atom stereocenters. The van der Waals surface area contributed by atoms with E-state index in [0.29, 0.717) is 18.5 Å². The van der Waals surface area contributed by atoms with Crippen molar-refractivity contribution < 1.29 is 14.3 Å². The van der Waals surface area contributed by atoms with Gasteiger partial charge in [-0.1, -0.05) is 18.2 Å². The summed E-state index contributed by atoms with van der Waals surface area (Å²) in [6.45, 7) is 0.555. The molecule has 0 radical (unpaired) electrons. The lowest BCUT2D eigenvalue weighted by Gasteiger charge is -2.41. The number of methoxy groups -OCH3 is 1. The van der Waals surface area contributed by atoms with E-state index in [9.17, 15) is 9.59 Å². The molecule has 0 aromatic heterocycles. The number of benzene rings is 2. The van der Waals surface area contributed by atoms with Crippen molar-refractivity contribution in [2.45, 2.75) is 25.3 Å². The van der Waals surface area contributed by atoms with Crippen molar-refractivity contribution in [1.82, 2.24) is 0 Å². The molecular weight excluding hydrogens is 342 g/mol. The maximum atomic E-state index is 13.3. The molecule has 138 valence electrons. The second-order valence-corrected chi connectivity index (χ2v) is 6.36. The van der Waals surface area contributed by atoms with Crippen LogP contribution < -0.4 is 9.80 Å². The molecule has 0 aliphatic carbocycles. The highest BCUT2D eigenvalue weighted by Crippen LogP contribution is 2.30. The maximum Gasteiger partial charge on any atom is 0.329 e. The molecule has 2 aromatic rings. The summed E-state index contributed by atoms with van der Waals surface area (Å²) in [5.41, 5.74) is 2.11. The molecule has 3 rings (SSSR count). The van der Waals surface area contributed by atoms with E-state index in [1.54, 1.807) is 34.1 Å². The van der Waals surface area contributed by atoms with E-state index in [0.717, 1.165) is 17.8 Å². The van der Waals surface area contributed by atoms with Gasteiger partial charge < -0.3 is 4.74 Å². The molecule has 6 heteroatoms. The third-order valence-electron chi connectivity index (χ3n) is 4.74. The van der Waals surface area contributed by atoms with Crippen LogP contribution in [0.2, 0.25) is 0 Å². The Kier molecular flexibility index (Phi) is 5.72. The summed E-state index contributed by atoms with van der Waals surface area (Å²) in [4.78, 5) is 28.3. The number of amides is 2. The highest BCUT2D eigenvalue weighted by atomic mass is 16.5. The number of para-hydroxylation sites is 1. The van der Waals surface area contributed by atoms with Crippen LogP contribution >= 0.6 is 0 Å². The molecule has 2 amide bonds. The van der Waals surface area contributed by atoms with Gasteiger partial charge in [-0.05, 0) is 49.2 Å². The minimum Gasteiger partial charge on any atom is -0.469 e. The summed E-state index contributed by atoms with van der Waals surface area (Å²) in [7, 11) is 1.37. The van der Waals surface area contributed by atoms with Crippen molar-refractivity contribution in [3.8, 4) is 6.07 Å². The summed E-state index contributed by atoms with van der Waals surface area (Å²) >= 11 is 0. The first kappa shape index (κ1) is 18.5. The SMILES string of the molecule is COC(=O)CCC1CCN(c2ccc(C#N)cc2)C(=O)N1c1ccccc1. The van der Waals surface area contributed by atoms with Gasteiger partial charge in [0.1, 0.15) is 0 Å². The highest BCUT2D eigenvalue weighted by Gasteiger charge is 2.35. The number of ether oxygens (including phenoxy) is 1. The lowest BCUT2D eigenvalue weighted by molar-refractivity contribution is -0.140. The molecule has 1 saturated heterocycles. The van der Waals surface area contributed by atoms with Crippen molar-refractivity contribution in [2.24, 2.45) is 0 Å². The van der Waals surface area contributed by atoms with Crippen LogP contribution in [0.15, 0.2) is 54.6 Å². The Balaban J connectivity index is 1.86. The smallest absolute Gasteiger partial charge is 0.329 e. The fraction of sp³-hybridized carbons (Fsp3) is 0.286. The largest absolute Gasteiger partial charge is 0.469 e. The normalized spacial score (nSPS) is 16.7. The molecular formula is C21H21N3O3. The first-order valence-electron chi connectivity index (χ1n) is 8.87. The minimum atomic E-state index is -0.273. The van der Waals surface area contributed by atoms with Crippen LogP contribution in [0.5, 0.6) is 0 Å². The van der Waals surface area contributed by atoms with Crippen molar-refractivity contribution >= 4 is 23.4 Å². The number of carbonyl (C=O) groups excluding carboxylic acids is 2. The van der Waals surface area contributed by atoms with E-state index in [-0.39, 0.29) is 24.5 Å². The molecule has 2 aromatic carbocycles. The van der Waals surface area contributed by atoms with Gasteiger partial charge in [0.2, 0.25) is 0 Å². The van der Waals surface area contributed by atoms with Crippen LogP contribution in [0.25, 0.3) is 0 Å². The molecule has 0 spiro atoms. The molecule has 0 saturated carbocycles. The number of anilines is 2. The zero-order valence-corrected chi connectivity index (χ0v) is 15.2. The summed E-state index contributed by atoms with van der Waals surface area (Å²) < 4.78 is 4.74. The van der Waals surface area contributed by atoms with E-state index >= 15 is 0 Å². The molecule has 0 bridgehead atoms. The third-order valence-corrected chi connectivity index (χ3v) is 4.74. The lowest BCUT2D eigenvalue weighted by Crippen LogP contribution is -2.55. The van der Waals surface area contributed by atoms with Gasteiger partial charge in [-0.15, -0.1) is 0 Å². The number of rotatable bonds is 5. The Labute approximate surface area is 158 Å². The number of hydrogen-bond donors (Lipinski definition) is 0. The van der Waals surface area contributed by atoms with Crippen LogP contribution in [-0.4, -0.2) is 31.7 Å². The number of nitriles is 1. The molecule has 1 fully saturated rings. The third kappa shape index (κ3) is 4.09. The Morgan fingerprint density at radius 3 is 2.48 bits per heavy atom. The van der Waals surface area contributed by atoms with Crippen LogP contribution in [-0.2, 0) is 9.53 Å². The molecule has 1 aliphatic heterocycles. The second kappa shape index (κ2) is 8.37. The standard InChI is InChI=1S/C21H21N3O3/c1-27-20(25)12-11-19-13-14-23(17-9-7-16(15-22)8-10-17)21(26)24(19)18-5-3-2-4-6-18/h2-10,19H,11-14H2,1H3. The molecule has 1 aliphatic rings. The van der Waals surface area contributed by atoms with Crippen LogP contribution in [0.3, 0.4) is 0 Å². The van der Waals surface area contributed by atoms with Crippen LogP contribution in [0.4, 0.5) is 16.2 Å². The molecule has 1 heterocycles. The van der Waals surface area contributed by atoms with Gasteiger partial charge >= 0.3 is 12.0 Å². The average molecular weight is 363 g/mol. The highest BCUT2D eigenvalue weighted by molar-refractivity contribution is 6.05. The monoisotopic (exact) mass is 363 g/mol. The van der Waals surface area contributed by atoms with Crippen LogP contribution in [0, 0.1) is 11.3 Å². The Morgan fingerprint density at radius 2 is 1.85 bits per heavy atom. The number of hydrogen-bond acceptors (Lipinski definition) is 4. The van der Waals surface area contributed by atoms with Crippen molar-refractivity contribution in [2.75, 3.05) is 23.5 Å². The van der Waals surface area contributed by atoms with Gasteiger partial charge in [0.25, 0.3) is 0 Å². The first-order chi connectivity index (χ1) is 13.1. The number of urea groups is 1. The predicted molar refractivity (Wildman–Crippen MR) is 102 cm³/mol. The zero-order valence-electron chi connectivity index (χ0n) is 15.2. The van der Waals surface area contributed by atoms with E-state index in [1.165, 1.54) is 7.11 Å². The summed E-state index contributed by atoms with van der Waals surface area (Å²) in [6.07, 6.45) is 1.56. The van der Waals surface area contributed by atoms with Gasteiger partial charge in [0.05, 0.1) is 18.7 Å². The van der Waals surface area contributed by atoms with Gasteiger partial charge in [-0.2, -0.15) is 5.26 Å². The second-order valence-electron chi connectivity index (χ2n) is 6.36. The quantitative estimate of drug-likeness (QED) is 0.759. The number of nitrogens with zero attached hydrogens (tertiary/aromatic N) is 3. The van der Waals surface area contributed by atoms with Crippen molar-refractivity contribution in [3.63, 3.8) is 0 Å².